The normalized spacial score (nSPS) is 13.0. The molecule has 72 heavy (non-hydrogen) atoms. The quantitative estimate of drug-likeness (QED) is 0.0420. The largest absolute Gasteiger partial charge is 0.394 e. The maximum atomic E-state index is 12.5. The van der Waals surface area contributed by atoms with Crippen LogP contribution < -0.4 is 5.32 Å². The van der Waals surface area contributed by atoms with Gasteiger partial charge in [0, 0.05) is 6.42 Å². The highest BCUT2D eigenvalue weighted by Gasteiger charge is 2.18. The lowest BCUT2D eigenvalue weighted by Gasteiger charge is -2.20. The Morgan fingerprint density at radius 3 is 0.847 bits per heavy atom. The van der Waals surface area contributed by atoms with E-state index in [1.54, 1.807) is 6.08 Å². The molecule has 0 aliphatic heterocycles. The number of allylic oxidation sites excluding steroid dienone is 7. The molecule has 3 N–H and O–H groups in total. The van der Waals surface area contributed by atoms with Crippen molar-refractivity contribution in [2.24, 2.45) is 0 Å². The Kier molecular flexibility index (Phi) is 62.2. The van der Waals surface area contributed by atoms with Crippen molar-refractivity contribution in [1.82, 2.24) is 5.32 Å². The first-order valence-corrected chi connectivity index (χ1v) is 32.9. The van der Waals surface area contributed by atoms with E-state index in [4.69, 9.17) is 0 Å². The number of unbranched alkanes of at least 4 members (excludes halogenated alkanes) is 48. The third-order valence-electron chi connectivity index (χ3n) is 15.3. The minimum atomic E-state index is -0.841. The number of nitrogens with one attached hydrogen (secondary N) is 1. The molecule has 424 valence electrons. The number of hydrogen-bond acceptors (Lipinski definition) is 3. The van der Waals surface area contributed by atoms with Crippen molar-refractivity contribution in [2.75, 3.05) is 6.61 Å². The van der Waals surface area contributed by atoms with Gasteiger partial charge in [-0.2, -0.15) is 0 Å². The molecule has 4 heteroatoms. The van der Waals surface area contributed by atoms with Gasteiger partial charge in [0.25, 0.3) is 0 Å². The highest BCUT2D eigenvalue weighted by Crippen LogP contribution is 2.18. The van der Waals surface area contributed by atoms with Gasteiger partial charge < -0.3 is 15.5 Å². The molecule has 1 amide bonds. The van der Waals surface area contributed by atoms with E-state index < -0.39 is 12.1 Å². The molecule has 0 radical (unpaired) electrons. The summed E-state index contributed by atoms with van der Waals surface area (Å²) >= 11 is 0. The second-order valence-corrected chi connectivity index (χ2v) is 22.5. The van der Waals surface area contributed by atoms with Crippen LogP contribution in [0.2, 0.25) is 0 Å². The van der Waals surface area contributed by atoms with Gasteiger partial charge in [0.15, 0.2) is 0 Å². The highest BCUT2D eigenvalue weighted by molar-refractivity contribution is 5.76. The van der Waals surface area contributed by atoms with Gasteiger partial charge in [-0.15, -0.1) is 0 Å². The molecule has 2 unspecified atom stereocenters. The standard InChI is InChI=1S/C68H129NO3/c1-3-5-7-9-11-13-15-17-19-21-23-25-27-29-31-33-34-36-38-40-42-44-46-48-50-52-54-56-58-60-62-64-68(72)69-66(65-70)67(71)63-61-59-57-55-53-51-49-47-45-43-41-39-37-35-32-30-28-26-24-22-20-18-16-14-12-10-8-6-4-2/h15,17,21,23,27,29,61,63,66-67,70-71H,3-14,16,18-20,22,24-26,28,30-60,62,64-65H2,1-2H3,(H,69,72)/b17-15-,23-21-,29-27-,63-61+. The van der Waals surface area contributed by atoms with Crippen LogP contribution >= 0.6 is 0 Å². The van der Waals surface area contributed by atoms with Gasteiger partial charge in [-0.3, -0.25) is 4.79 Å². The zero-order valence-electron chi connectivity index (χ0n) is 49.0. The van der Waals surface area contributed by atoms with Crippen molar-refractivity contribution in [3.05, 3.63) is 48.6 Å². The van der Waals surface area contributed by atoms with Crippen LogP contribution in [0.15, 0.2) is 48.6 Å². The van der Waals surface area contributed by atoms with E-state index in [0.717, 1.165) is 38.5 Å². The van der Waals surface area contributed by atoms with Crippen LogP contribution in [0, 0.1) is 0 Å². The van der Waals surface area contributed by atoms with Crippen LogP contribution in [0.1, 0.15) is 361 Å². The van der Waals surface area contributed by atoms with Gasteiger partial charge in [0.1, 0.15) is 0 Å². The van der Waals surface area contributed by atoms with E-state index >= 15 is 0 Å². The summed E-state index contributed by atoms with van der Waals surface area (Å²) in [4.78, 5) is 12.5. The Labute approximate surface area is 452 Å². The number of amides is 1. The highest BCUT2D eigenvalue weighted by atomic mass is 16.3. The molecule has 0 bridgehead atoms. The maximum absolute atomic E-state index is 12.5. The molecule has 0 aliphatic carbocycles. The van der Waals surface area contributed by atoms with Gasteiger partial charge >= 0.3 is 0 Å². The van der Waals surface area contributed by atoms with Gasteiger partial charge in [0.05, 0.1) is 18.8 Å². The Bertz CT molecular complexity index is 1140. The number of carbonyl (C=O) groups is 1. The van der Waals surface area contributed by atoms with Crippen molar-refractivity contribution < 1.29 is 15.0 Å². The summed E-state index contributed by atoms with van der Waals surface area (Å²) in [6.07, 6.45) is 88.9. The first kappa shape index (κ1) is 70.3. The van der Waals surface area contributed by atoms with Crippen LogP contribution in [-0.2, 0) is 4.79 Å². The lowest BCUT2D eigenvalue weighted by Crippen LogP contribution is -2.45. The van der Waals surface area contributed by atoms with E-state index in [1.807, 2.05) is 6.08 Å². The number of hydrogen-bond donors (Lipinski definition) is 3. The molecule has 0 rings (SSSR count). The molecule has 4 nitrogen and oxygen atoms in total. The van der Waals surface area contributed by atoms with E-state index in [-0.39, 0.29) is 12.5 Å². The minimum absolute atomic E-state index is 0.0589. The van der Waals surface area contributed by atoms with E-state index in [9.17, 15) is 15.0 Å². The van der Waals surface area contributed by atoms with Crippen LogP contribution in [0.5, 0.6) is 0 Å². The fourth-order valence-electron chi connectivity index (χ4n) is 10.3. The average Bonchev–Trinajstić information content (AvgIpc) is 3.39. The summed E-state index contributed by atoms with van der Waals surface area (Å²) in [6.45, 7) is 4.34. The molecule has 2 atom stereocenters. The molecule has 0 aromatic rings. The predicted octanol–water partition coefficient (Wildman–Crippen LogP) is 22.2. The minimum Gasteiger partial charge on any atom is -0.394 e. The lowest BCUT2D eigenvalue weighted by atomic mass is 10.0. The molecular formula is C68H129NO3. The lowest BCUT2D eigenvalue weighted by molar-refractivity contribution is -0.123. The Morgan fingerprint density at radius 1 is 0.333 bits per heavy atom. The van der Waals surface area contributed by atoms with Gasteiger partial charge in [-0.1, -0.05) is 345 Å². The Hall–Kier alpha value is -1.65. The number of carbonyl (C=O) groups excluding carboxylic acids is 1. The summed E-state index contributed by atoms with van der Waals surface area (Å²) in [5.74, 6) is -0.0589. The van der Waals surface area contributed by atoms with Crippen LogP contribution in [0.4, 0.5) is 0 Å². The average molecular weight is 1010 g/mol. The Morgan fingerprint density at radius 2 is 0.569 bits per heavy atom. The van der Waals surface area contributed by atoms with E-state index in [2.05, 4.69) is 55.6 Å². The Balaban J connectivity index is 3.45. The fraction of sp³-hybridized carbons (Fsp3) is 0.868. The molecular weight excluding hydrogens is 879 g/mol. The van der Waals surface area contributed by atoms with Crippen molar-refractivity contribution in [2.45, 2.75) is 373 Å². The van der Waals surface area contributed by atoms with Gasteiger partial charge in [0.2, 0.25) is 5.91 Å². The zero-order valence-corrected chi connectivity index (χ0v) is 49.0. The molecule has 0 aromatic carbocycles. The first-order valence-electron chi connectivity index (χ1n) is 32.9. The van der Waals surface area contributed by atoms with Crippen molar-refractivity contribution in [3.63, 3.8) is 0 Å². The van der Waals surface area contributed by atoms with Gasteiger partial charge in [-0.25, -0.2) is 0 Å². The summed E-state index contributed by atoms with van der Waals surface area (Å²) in [6, 6.07) is -0.624. The third kappa shape index (κ3) is 59.2. The summed E-state index contributed by atoms with van der Waals surface area (Å²) in [5.41, 5.74) is 0. The summed E-state index contributed by atoms with van der Waals surface area (Å²) < 4.78 is 0. The second kappa shape index (κ2) is 63.6. The third-order valence-corrected chi connectivity index (χ3v) is 15.3. The van der Waals surface area contributed by atoms with E-state index in [1.165, 1.54) is 302 Å². The first-order chi connectivity index (χ1) is 35.7. The smallest absolute Gasteiger partial charge is 0.220 e. The van der Waals surface area contributed by atoms with Crippen molar-refractivity contribution in [3.8, 4) is 0 Å². The topological polar surface area (TPSA) is 69.6 Å². The molecule has 0 spiro atoms. The second-order valence-electron chi connectivity index (χ2n) is 22.5. The summed E-state index contributed by atoms with van der Waals surface area (Å²) in [7, 11) is 0. The monoisotopic (exact) mass is 1010 g/mol. The molecule has 0 aromatic heterocycles. The SMILES string of the molecule is CCCCCCC/C=C\C/C=C\C/C=C\CCCCCCCCCCCCCCCCCCC(=O)NC(CO)C(O)/C=C/CCCCCCCCCCCCCCCCCCCCCCCCCCCCC. The number of aliphatic hydroxyl groups is 2. The molecule has 0 saturated carbocycles. The van der Waals surface area contributed by atoms with Crippen molar-refractivity contribution >= 4 is 5.91 Å². The molecule has 0 heterocycles. The maximum Gasteiger partial charge on any atom is 0.220 e. The van der Waals surface area contributed by atoms with Crippen LogP contribution in [0.25, 0.3) is 0 Å². The van der Waals surface area contributed by atoms with Crippen molar-refractivity contribution in [1.29, 1.82) is 0 Å². The molecule has 0 fully saturated rings. The van der Waals surface area contributed by atoms with Gasteiger partial charge in [-0.05, 0) is 57.8 Å². The summed E-state index contributed by atoms with van der Waals surface area (Å²) in [5, 5.41) is 23.3. The number of aliphatic hydroxyl groups excluding tert-OH is 2. The number of rotatable bonds is 61. The molecule has 0 saturated heterocycles. The fourth-order valence-corrected chi connectivity index (χ4v) is 10.3. The van der Waals surface area contributed by atoms with E-state index in [0.29, 0.717) is 6.42 Å². The van der Waals surface area contributed by atoms with Crippen LogP contribution in [0.3, 0.4) is 0 Å². The van der Waals surface area contributed by atoms with Crippen LogP contribution in [-0.4, -0.2) is 34.9 Å². The molecule has 0 aliphatic rings. The zero-order chi connectivity index (χ0) is 52.0. The predicted molar refractivity (Wildman–Crippen MR) is 322 cm³/mol.